The summed E-state index contributed by atoms with van der Waals surface area (Å²) in [4.78, 5) is 25.9. The Kier molecular flexibility index (Phi) is 3.47. The topological polar surface area (TPSA) is 49.4 Å². The average molecular weight is 252 g/mol. The van der Waals surface area contributed by atoms with Crippen molar-refractivity contribution in [2.45, 2.75) is 38.8 Å². The normalized spacial score (nSPS) is 24.9. The molecule has 1 aliphatic heterocycles. The lowest BCUT2D eigenvalue weighted by molar-refractivity contribution is -0.134. The van der Waals surface area contributed by atoms with Crippen LogP contribution >= 0.6 is 11.3 Å². The van der Waals surface area contributed by atoms with Gasteiger partial charge in [0.15, 0.2) is 0 Å². The van der Waals surface area contributed by atoms with E-state index in [0.29, 0.717) is 12.8 Å². The highest BCUT2D eigenvalue weighted by atomic mass is 32.1. The van der Waals surface area contributed by atoms with Gasteiger partial charge < -0.3 is 5.32 Å². The molecule has 1 aromatic heterocycles. The number of hydrogen-bond donors (Lipinski definition) is 1. The van der Waals surface area contributed by atoms with Crippen LogP contribution in [-0.2, 0) is 9.59 Å². The Hall–Kier alpha value is -1.36. The molecule has 0 aliphatic carbocycles. The molecule has 4 nitrogen and oxygen atoms in total. The van der Waals surface area contributed by atoms with Crippen molar-refractivity contribution in [3.63, 3.8) is 0 Å². The van der Waals surface area contributed by atoms with Crippen molar-refractivity contribution in [3.8, 4) is 0 Å². The highest BCUT2D eigenvalue weighted by Gasteiger charge is 2.39. The van der Waals surface area contributed by atoms with E-state index in [9.17, 15) is 9.59 Å². The summed E-state index contributed by atoms with van der Waals surface area (Å²) in [5.74, 6) is -0.0532. The van der Waals surface area contributed by atoms with E-state index in [1.54, 1.807) is 4.90 Å². The number of carbonyl (C=O) groups excluding carboxylic acids is 2. The Morgan fingerprint density at radius 3 is 2.65 bits per heavy atom. The van der Waals surface area contributed by atoms with Crippen molar-refractivity contribution >= 4 is 28.8 Å². The van der Waals surface area contributed by atoms with Gasteiger partial charge in [0.25, 0.3) is 0 Å². The predicted molar refractivity (Wildman–Crippen MR) is 68.1 cm³/mol. The molecule has 1 aliphatic rings. The van der Waals surface area contributed by atoms with Gasteiger partial charge in [-0.05, 0) is 24.3 Å². The Morgan fingerprint density at radius 2 is 2.12 bits per heavy atom. The van der Waals surface area contributed by atoms with Gasteiger partial charge in [0, 0.05) is 5.38 Å². The highest BCUT2D eigenvalue weighted by Crippen LogP contribution is 2.25. The first kappa shape index (κ1) is 12.1. The van der Waals surface area contributed by atoms with E-state index in [1.165, 1.54) is 11.3 Å². The van der Waals surface area contributed by atoms with E-state index in [4.69, 9.17) is 0 Å². The SMILES string of the molecule is CCC1NC(=O)C(CC)N(c2ccsc2)C1=O. The predicted octanol–water partition coefficient (Wildman–Crippen LogP) is 1.77. The number of amides is 2. The van der Waals surface area contributed by atoms with E-state index in [-0.39, 0.29) is 23.9 Å². The summed E-state index contributed by atoms with van der Waals surface area (Å²) in [6, 6.07) is 1.13. The van der Waals surface area contributed by atoms with Crippen LogP contribution in [0.3, 0.4) is 0 Å². The molecule has 0 saturated carbocycles. The summed E-state index contributed by atoms with van der Waals surface area (Å²) in [7, 11) is 0. The van der Waals surface area contributed by atoms with Gasteiger partial charge in [-0.1, -0.05) is 13.8 Å². The molecule has 17 heavy (non-hydrogen) atoms. The maximum Gasteiger partial charge on any atom is 0.250 e. The van der Waals surface area contributed by atoms with Crippen LogP contribution in [0.2, 0.25) is 0 Å². The molecule has 2 rings (SSSR count). The Labute approximate surface area is 105 Å². The van der Waals surface area contributed by atoms with Gasteiger partial charge in [-0.3, -0.25) is 14.5 Å². The molecular weight excluding hydrogens is 236 g/mol. The largest absolute Gasteiger partial charge is 0.342 e. The Morgan fingerprint density at radius 1 is 1.35 bits per heavy atom. The fraction of sp³-hybridized carbons (Fsp3) is 0.500. The third-order valence-electron chi connectivity index (χ3n) is 3.05. The molecule has 92 valence electrons. The molecule has 1 N–H and O–H groups in total. The molecule has 1 fully saturated rings. The van der Waals surface area contributed by atoms with E-state index in [2.05, 4.69) is 5.32 Å². The van der Waals surface area contributed by atoms with Gasteiger partial charge in [0.1, 0.15) is 12.1 Å². The van der Waals surface area contributed by atoms with Gasteiger partial charge in [-0.25, -0.2) is 0 Å². The molecule has 0 spiro atoms. The first-order valence-corrected chi connectivity index (χ1v) is 6.79. The zero-order valence-electron chi connectivity index (χ0n) is 9.97. The molecule has 0 radical (unpaired) electrons. The number of anilines is 1. The number of rotatable bonds is 3. The van der Waals surface area contributed by atoms with Crippen molar-refractivity contribution in [3.05, 3.63) is 16.8 Å². The van der Waals surface area contributed by atoms with E-state index in [1.807, 2.05) is 30.7 Å². The number of thiophene rings is 1. The Balaban J connectivity index is 2.35. The zero-order chi connectivity index (χ0) is 12.4. The van der Waals surface area contributed by atoms with Crippen LogP contribution in [0.15, 0.2) is 16.8 Å². The van der Waals surface area contributed by atoms with Gasteiger partial charge in [0.2, 0.25) is 11.8 Å². The van der Waals surface area contributed by atoms with E-state index < -0.39 is 0 Å². The molecule has 2 unspecified atom stereocenters. The summed E-state index contributed by atoms with van der Waals surface area (Å²) in [5.41, 5.74) is 0.833. The van der Waals surface area contributed by atoms with E-state index >= 15 is 0 Å². The van der Waals surface area contributed by atoms with Crippen molar-refractivity contribution in [1.29, 1.82) is 0 Å². The van der Waals surface area contributed by atoms with Gasteiger partial charge in [-0.15, -0.1) is 0 Å². The standard InChI is InChI=1S/C12H16N2O2S/c1-3-9-12(16)14(8-5-6-17-7-8)10(4-2)11(15)13-9/h5-7,9-10H,3-4H2,1-2H3,(H,13,15). The molecule has 0 aromatic carbocycles. The van der Waals surface area contributed by atoms with Crippen molar-refractivity contribution in [2.75, 3.05) is 4.90 Å². The average Bonchev–Trinajstić information content (AvgIpc) is 2.84. The van der Waals surface area contributed by atoms with Crippen molar-refractivity contribution in [1.82, 2.24) is 5.32 Å². The minimum absolute atomic E-state index is 0.00245. The molecule has 2 amide bonds. The zero-order valence-corrected chi connectivity index (χ0v) is 10.8. The second kappa shape index (κ2) is 4.87. The first-order valence-electron chi connectivity index (χ1n) is 5.84. The lowest BCUT2D eigenvalue weighted by Crippen LogP contribution is -2.63. The second-order valence-corrected chi connectivity index (χ2v) is 4.86. The molecule has 1 saturated heterocycles. The molecule has 1 aromatic rings. The number of nitrogens with one attached hydrogen (secondary N) is 1. The second-order valence-electron chi connectivity index (χ2n) is 4.08. The van der Waals surface area contributed by atoms with E-state index in [0.717, 1.165) is 5.69 Å². The summed E-state index contributed by atoms with van der Waals surface area (Å²) < 4.78 is 0. The minimum atomic E-state index is -0.384. The molecule has 5 heteroatoms. The van der Waals surface area contributed by atoms with Crippen LogP contribution in [0.25, 0.3) is 0 Å². The Bertz CT molecular complexity index is 416. The number of carbonyl (C=O) groups is 2. The maximum absolute atomic E-state index is 12.3. The number of piperazine rings is 1. The number of hydrogen-bond acceptors (Lipinski definition) is 3. The fourth-order valence-electron chi connectivity index (χ4n) is 2.11. The smallest absolute Gasteiger partial charge is 0.250 e. The first-order chi connectivity index (χ1) is 8.19. The highest BCUT2D eigenvalue weighted by molar-refractivity contribution is 7.08. The minimum Gasteiger partial charge on any atom is -0.342 e. The van der Waals surface area contributed by atoms with Crippen LogP contribution in [0.4, 0.5) is 5.69 Å². The lowest BCUT2D eigenvalue weighted by Gasteiger charge is -2.37. The summed E-state index contributed by atoms with van der Waals surface area (Å²) in [6.45, 7) is 3.82. The third kappa shape index (κ3) is 2.07. The van der Waals surface area contributed by atoms with Crippen LogP contribution in [0, 0.1) is 0 Å². The van der Waals surface area contributed by atoms with Crippen LogP contribution in [-0.4, -0.2) is 23.9 Å². The maximum atomic E-state index is 12.3. The van der Waals surface area contributed by atoms with Gasteiger partial charge in [-0.2, -0.15) is 11.3 Å². The summed E-state index contributed by atoms with van der Waals surface area (Å²) >= 11 is 1.53. The fourth-order valence-corrected chi connectivity index (χ4v) is 2.74. The molecule has 0 bridgehead atoms. The third-order valence-corrected chi connectivity index (χ3v) is 3.72. The molecule has 2 heterocycles. The van der Waals surface area contributed by atoms with Gasteiger partial charge >= 0.3 is 0 Å². The van der Waals surface area contributed by atoms with Gasteiger partial charge in [0.05, 0.1) is 5.69 Å². The molecular formula is C12H16N2O2S. The van der Waals surface area contributed by atoms with Crippen molar-refractivity contribution < 1.29 is 9.59 Å². The summed E-state index contributed by atoms with van der Waals surface area (Å²) in [6.07, 6.45) is 1.26. The van der Waals surface area contributed by atoms with Crippen LogP contribution < -0.4 is 10.2 Å². The van der Waals surface area contributed by atoms with Crippen molar-refractivity contribution in [2.24, 2.45) is 0 Å². The van der Waals surface area contributed by atoms with Crippen LogP contribution in [0.1, 0.15) is 26.7 Å². The lowest BCUT2D eigenvalue weighted by atomic mass is 10.0. The summed E-state index contributed by atoms with van der Waals surface area (Å²) in [5, 5.41) is 6.61. The monoisotopic (exact) mass is 252 g/mol. The molecule has 2 atom stereocenters. The van der Waals surface area contributed by atoms with Crippen LogP contribution in [0.5, 0.6) is 0 Å². The number of nitrogens with zero attached hydrogens (tertiary/aromatic N) is 1. The quantitative estimate of drug-likeness (QED) is 0.891.